The predicted molar refractivity (Wildman–Crippen MR) is 62.7 cm³/mol. The van der Waals surface area contributed by atoms with Crippen LogP contribution in [-0.2, 0) is 13.8 Å². The third-order valence-corrected chi connectivity index (χ3v) is 3.69. The average Bonchev–Trinajstić information content (AvgIpc) is 2.70. The highest BCUT2D eigenvalue weighted by Crippen LogP contribution is 2.26. The summed E-state index contributed by atoms with van der Waals surface area (Å²) >= 11 is 0. The van der Waals surface area contributed by atoms with E-state index in [4.69, 9.17) is 10.7 Å². The smallest absolute Gasteiger partial charge is 0.337 e. The Morgan fingerprint density at radius 3 is 2.71 bits per heavy atom. The van der Waals surface area contributed by atoms with Crippen LogP contribution in [0.25, 0.3) is 10.9 Å². The number of hydrogen-bond acceptors (Lipinski definition) is 4. The molecule has 2 rings (SSSR count). The van der Waals surface area contributed by atoms with Crippen LogP contribution in [0.4, 0.5) is 0 Å². The number of nitrogens with one attached hydrogen (secondary N) is 1. The van der Waals surface area contributed by atoms with Gasteiger partial charge in [0.05, 0.1) is 12.7 Å². The summed E-state index contributed by atoms with van der Waals surface area (Å²) in [7, 11) is 2.69. The van der Waals surface area contributed by atoms with Crippen LogP contribution in [0.5, 0.6) is 0 Å². The van der Waals surface area contributed by atoms with Crippen LogP contribution in [0, 0.1) is 0 Å². The molecule has 0 spiro atoms. The van der Waals surface area contributed by atoms with E-state index in [2.05, 4.69) is 9.72 Å². The lowest BCUT2D eigenvalue weighted by molar-refractivity contribution is 0.0601. The standard InChI is InChI=1S/C10H8ClNO4S/c1-16-10(13)6-2-3-8-7(4-6)9(5-12-8)17(11,14)15/h2-5,12H,1H3. The van der Waals surface area contributed by atoms with Crippen molar-refractivity contribution < 1.29 is 17.9 Å². The summed E-state index contributed by atoms with van der Waals surface area (Å²) in [4.78, 5) is 14.0. The summed E-state index contributed by atoms with van der Waals surface area (Å²) < 4.78 is 27.1. The van der Waals surface area contributed by atoms with E-state index in [1.807, 2.05) is 0 Å². The lowest BCUT2D eigenvalue weighted by Gasteiger charge is -1.99. The van der Waals surface area contributed by atoms with Crippen molar-refractivity contribution in [2.24, 2.45) is 0 Å². The van der Waals surface area contributed by atoms with Gasteiger partial charge in [0, 0.05) is 27.8 Å². The van der Waals surface area contributed by atoms with E-state index in [0.717, 1.165) is 0 Å². The van der Waals surface area contributed by atoms with E-state index in [9.17, 15) is 13.2 Å². The van der Waals surface area contributed by atoms with Crippen molar-refractivity contribution in [1.29, 1.82) is 0 Å². The van der Waals surface area contributed by atoms with Crippen LogP contribution in [0.1, 0.15) is 10.4 Å². The molecule has 5 nitrogen and oxygen atoms in total. The molecule has 0 aliphatic carbocycles. The fourth-order valence-corrected chi connectivity index (χ4v) is 2.56. The summed E-state index contributed by atoms with van der Waals surface area (Å²) in [6.45, 7) is 0. The van der Waals surface area contributed by atoms with Crippen LogP contribution in [0.15, 0.2) is 29.3 Å². The Morgan fingerprint density at radius 1 is 1.41 bits per heavy atom. The number of hydrogen-bond donors (Lipinski definition) is 1. The van der Waals surface area contributed by atoms with Crippen LogP contribution in [-0.4, -0.2) is 26.5 Å². The molecule has 1 aromatic heterocycles. The summed E-state index contributed by atoms with van der Waals surface area (Å²) in [5.41, 5.74) is 0.845. The largest absolute Gasteiger partial charge is 0.465 e. The molecule has 0 saturated heterocycles. The SMILES string of the molecule is COC(=O)c1ccc2[nH]cc(S(=O)(=O)Cl)c2c1. The fourth-order valence-electron chi connectivity index (χ4n) is 1.54. The molecule has 0 radical (unpaired) electrons. The normalized spacial score (nSPS) is 11.6. The summed E-state index contributed by atoms with van der Waals surface area (Å²) in [5, 5.41) is 0.364. The van der Waals surface area contributed by atoms with Gasteiger partial charge in [0.1, 0.15) is 4.90 Å². The molecule has 1 aromatic carbocycles. The first-order valence-electron chi connectivity index (χ1n) is 4.57. The third kappa shape index (κ3) is 2.13. The number of methoxy groups -OCH3 is 1. The Morgan fingerprint density at radius 2 is 2.12 bits per heavy atom. The molecule has 1 N–H and O–H groups in total. The van der Waals surface area contributed by atoms with E-state index < -0.39 is 15.0 Å². The monoisotopic (exact) mass is 273 g/mol. The second-order valence-electron chi connectivity index (χ2n) is 3.34. The maximum absolute atomic E-state index is 11.3. The number of ether oxygens (including phenoxy) is 1. The lowest BCUT2D eigenvalue weighted by atomic mass is 10.1. The minimum Gasteiger partial charge on any atom is -0.465 e. The van der Waals surface area contributed by atoms with Crippen molar-refractivity contribution in [2.45, 2.75) is 4.90 Å². The quantitative estimate of drug-likeness (QED) is 0.669. The highest BCUT2D eigenvalue weighted by Gasteiger charge is 2.17. The van der Waals surface area contributed by atoms with Gasteiger partial charge < -0.3 is 9.72 Å². The topological polar surface area (TPSA) is 76.2 Å². The highest BCUT2D eigenvalue weighted by atomic mass is 35.7. The van der Waals surface area contributed by atoms with E-state index in [0.29, 0.717) is 10.9 Å². The van der Waals surface area contributed by atoms with Gasteiger partial charge in [0.25, 0.3) is 9.05 Å². The van der Waals surface area contributed by atoms with E-state index in [1.54, 1.807) is 6.07 Å². The van der Waals surface area contributed by atoms with Crippen LogP contribution in [0.3, 0.4) is 0 Å². The number of aromatic nitrogens is 1. The Kier molecular flexibility index (Phi) is 2.84. The highest BCUT2D eigenvalue weighted by molar-refractivity contribution is 8.14. The second-order valence-corrected chi connectivity index (χ2v) is 5.88. The van der Waals surface area contributed by atoms with Gasteiger partial charge in [-0.05, 0) is 18.2 Å². The Hall–Kier alpha value is -1.53. The molecule has 0 fully saturated rings. The molecule has 90 valence electrons. The van der Waals surface area contributed by atoms with Crippen molar-refractivity contribution in [3.8, 4) is 0 Å². The first kappa shape index (κ1) is 11.9. The molecule has 7 heteroatoms. The molecule has 17 heavy (non-hydrogen) atoms. The van der Waals surface area contributed by atoms with E-state index >= 15 is 0 Å². The molecule has 0 amide bonds. The van der Waals surface area contributed by atoms with Gasteiger partial charge in [-0.25, -0.2) is 13.2 Å². The maximum Gasteiger partial charge on any atom is 0.337 e. The van der Waals surface area contributed by atoms with E-state index in [1.165, 1.54) is 25.4 Å². The van der Waals surface area contributed by atoms with E-state index in [-0.39, 0.29) is 10.5 Å². The average molecular weight is 274 g/mol. The predicted octanol–water partition coefficient (Wildman–Crippen LogP) is 1.88. The van der Waals surface area contributed by atoms with Gasteiger partial charge in [-0.15, -0.1) is 0 Å². The number of esters is 1. The molecule has 0 atom stereocenters. The molecule has 0 saturated carbocycles. The molecule has 0 bridgehead atoms. The summed E-state index contributed by atoms with van der Waals surface area (Å²) in [6.07, 6.45) is 1.29. The number of halogens is 1. The molecule has 1 heterocycles. The fraction of sp³-hybridized carbons (Fsp3) is 0.100. The Labute approximate surface area is 102 Å². The first-order chi connectivity index (χ1) is 7.93. The van der Waals surface area contributed by atoms with Gasteiger partial charge in [0.15, 0.2) is 0 Å². The zero-order chi connectivity index (χ0) is 12.6. The van der Waals surface area contributed by atoms with Crippen molar-refractivity contribution in [1.82, 2.24) is 4.98 Å². The zero-order valence-electron chi connectivity index (χ0n) is 8.73. The number of carbonyl (C=O) groups excluding carboxylic acids is 1. The molecular formula is C10H8ClNO4S. The van der Waals surface area contributed by atoms with Crippen LogP contribution in [0.2, 0.25) is 0 Å². The van der Waals surface area contributed by atoms with Gasteiger partial charge >= 0.3 is 5.97 Å². The molecular weight excluding hydrogens is 266 g/mol. The van der Waals surface area contributed by atoms with Gasteiger partial charge in [-0.2, -0.15) is 0 Å². The molecule has 2 aromatic rings. The number of rotatable bonds is 2. The summed E-state index contributed by atoms with van der Waals surface area (Å²) in [6, 6.07) is 4.55. The van der Waals surface area contributed by atoms with Crippen molar-refractivity contribution in [3.05, 3.63) is 30.0 Å². The Bertz CT molecular complexity index is 689. The number of carbonyl (C=O) groups is 1. The van der Waals surface area contributed by atoms with Crippen molar-refractivity contribution in [2.75, 3.05) is 7.11 Å². The van der Waals surface area contributed by atoms with Gasteiger partial charge in [-0.3, -0.25) is 0 Å². The number of benzene rings is 1. The van der Waals surface area contributed by atoms with Gasteiger partial charge in [-0.1, -0.05) is 0 Å². The summed E-state index contributed by atoms with van der Waals surface area (Å²) in [5.74, 6) is -0.536. The first-order valence-corrected chi connectivity index (χ1v) is 6.88. The zero-order valence-corrected chi connectivity index (χ0v) is 10.3. The van der Waals surface area contributed by atoms with Crippen LogP contribution < -0.4 is 0 Å². The molecule has 0 aliphatic heterocycles. The number of fused-ring (bicyclic) bond motifs is 1. The minimum atomic E-state index is -3.85. The lowest BCUT2D eigenvalue weighted by Crippen LogP contribution is -2.00. The second kappa shape index (κ2) is 4.05. The molecule has 0 unspecified atom stereocenters. The van der Waals surface area contributed by atoms with Crippen LogP contribution >= 0.6 is 10.7 Å². The van der Waals surface area contributed by atoms with Crippen molar-refractivity contribution >= 4 is 36.6 Å². The number of H-pyrrole nitrogens is 1. The Balaban J connectivity index is 2.71. The molecule has 0 aliphatic rings. The third-order valence-electron chi connectivity index (χ3n) is 2.33. The maximum atomic E-state index is 11.3. The van der Waals surface area contributed by atoms with Crippen molar-refractivity contribution in [3.63, 3.8) is 0 Å². The minimum absolute atomic E-state index is 0.0556. The number of aromatic amines is 1. The van der Waals surface area contributed by atoms with Gasteiger partial charge in [0.2, 0.25) is 0 Å².